The van der Waals surface area contributed by atoms with Crippen LogP contribution in [0, 0.1) is 31.0 Å². The Bertz CT molecular complexity index is 1090. The van der Waals surface area contributed by atoms with Crippen LogP contribution in [0.2, 0.25) is 0 Å². The van der Waals surface area contributed by atoms with E-state index >= 15 is 0 Å². The zero-order valence-electron chi connectivity index (χ0n) is 19.9. The Labute approximate surface area is 200 Å². The highest BCUT2D eigenvalue weighted by molar-refractivity contribution is 5.43. The van der Waals surface area contributed by atoms with Gasteiger partial charge in [0.25, 0.3) is 0 Å². The minimum Gasteiger partial charge on any atom is -0.438 e. The van der Waals surface area contributed by atoms with Crippen molar-refractivity contribution < 1.29 is 19.0 Å². The Hall–Kier alpha value is -3.18. The quantitative estimate of drug-likeness (QED) is 0.313. The van der Waals surface area contributed by atoms with Crippen LogP contribution >= 0.6 is 0 Å². The zero-order valence-corrected chi connectivity index (χ0v) is 19.9. The Morgan fingerprint density at radius 2 is 1.91 bits per heavy atom. The van der Waals surface area contributed by atoms with Gasteiger partial charge in [0.15, 0.2) is 0 Å². The van der Waals surface area contributed by atoms with Crippen LogP contribution in [-0.4, -0.2) is 52.2 Å². The van der Waals surface area contributed by atoms with Gasteiger partial charge in [-0.1, -0.05) is 44.0 Å². The predicted octanol–water partition coefficient (Wildman–Crippen LogP) is 4.58. The molecule has 0 saturated carbocycles. The number of benzene rings is 2. The molecule has 0 radical (unpaired) electrons. The summed E-state index contributed by atoms with van der Waals surface area (Å²) in [6.07, 6.45) is 4.54. The van der Waals surface area contributed by atoms with Crippen LogP contribution in [0.1, 0.15) is 25.1 Å². The lowest BCUT2D eigenvalue weighted by Crippen LogP contribution is -2.37. The third kappa shape index (κ3) is 7.16. The molecule has 2 aromatic carbocycles. The van der Waals surface area contributed by atoms with E-state index in [0.717, 1.165) is 23.5 Å². The predicted molar refractivity (Wildman–Crippen MR) is 131 cm³/mol. The monoisotopic (exact) mass is 465 g/mol. The van der Waals surface area contributed by atoms with Gasteiger partial charge in [0.05, 0.1) is 29.7 Å². The van der Waals surface area contributed by atoms with Gasteiger partial charge in [-0.05, 0) is 37.1 Å². The van der Waals surface area contributed by atoms with Gasteiger partial charge in [0.2, 0.25) is 5.88 Å². The largest absolute Gasteiger partial charge is 0.438 e. The van der Waals surface area contributed by atoms with E-state index in [1.54, 1.807) is 16.8 Å². The van der Waals surface area contributed by atoms with Crippen molar-refractivity contribution >= 4 is 0 Å². The molecule has 3 aromatic rings. The second-order valence-corrected chi connectivity index (χ2v) is 8.64. The molecule has 0 fully saturated rings. The Morgan fingerprint density at radius 3 is 2.59 bits per heavy atom. The molecule has 0 aliphatic rings. The molecule has 1 aromatic heterocycles. The Balaban J connectivity index is 1.94. The molecule has 180 valence electrons. The van der Waals surface area contributed by atoms with Crippen molar-refractivity contribution in [2.45, 2.75) is 33.4 Å². The molecule has 0 unspecified atom stereocenters. The molecule has 0 amide bonds. The van der Waals surface area contributed by atoms with Crippen molar-refractivity contribution in [3.05, 3.63) is 71.7 Å². The van der Waals surface area contributed by atoms with Crippen molar-refractivity contribution in [3.8, 4) is 29.7 Å². The third-order valence-electron chi connectivity index (χ3n) is 5.12. The maximum atomic E-state index is 13.9. The van der Waals surface area contributed by atoms with E-state index in [0.29, 0.717) is 30.6 Å². The highest BCUT2D eigenvalue weighted by atomic mass is 19.1. The summed E-state index contributed by atoms with van der Waals surface area (Å²) < 4.78 is 27.1. The molecule has 7 heteroatoms. The Morgan fingerprint density at radius 1 is 1.15 bits per heavy atom. The summed E-state index contributed by atoms with van der Waals surface area (Å²) in [4.78, 5) is 2.15. The molecule has 1 atom stereocenters. The molecule has 0 saturated heterocycles. The molecule has 3 rings (SSSR count). The van der Waals surface area contributed by atoms with Gasteiger partial charge in [-0.25, -0.2) is 9.07 Å². The number of hydrogen-bond acceptors (Lipinski definition) is 5. The van der Waals surface area contributed by atoms with Crippen LogP contribution in [0.3, 0.4) is 0 Å². The first-order valence-electron chi connectivity index (χ1n) is 11.4. The number of para-hydroxylation sites is 1. The van der Waals surface area contributed by atoms with E-state index in [4.69, 9.17) is 21.0 Å². The molecule has 0 aliphatic heterocycles. The fourth-order valence-corrected chi connectivity index (χ4v) is 3.76. The van der Waals surface area contributed by atoms with Crippen molar-refractivity contribution in [2.24, 2.45) is 5.92 Å². The van der Waals surface area contributed by atoms with Crippen molar-refractivity contribution in [3.63, 3.8) is 0 Å². The Kier molecular flexibility index (Phi) is 9.23. The molecule has 0 aliphatic carbocycles. The van der Waals surface area contributed by atoms with E-state index in [2.05, 4.69) is 24.7 Å². The highest BCUT2D eigenvalue weighted by Gasteiger charge is 2.23. The van der Waals surface area contributed by atoms with Crippen LogP contribution in [0.15, 0.2) is 54.6 Å². The maximum Gasteiger partial charge on any atom is 0.227 e. The van der Waals surface area contributed by atoms with Crippen LogP contribution in [-0.2, 0) is 11.3 Å². The number of terminal acetylenes is 1. The zero-order chi connectivity index (χ0) is 24.5. The van der Waals surface area contributed by atoms with Gasteiger partial charge < -0.3 is 14.6 Å². The number of hydrogen-bond donors (Lipinski definition) is 1. The lowest BCUT2D eigenvalue weighted by atomic mass is 10.1. The first-order valence-corrected chi connectivity index (χ1v) is 11.4. The smallest absolute Gasteiger partial charge is 0.227 e. The summed E-state index contributed by atoms with van der Waals surface area (Å²) in [5.74, 6) is 3.30. The number of aliphatic hydroxyl groups excluding tert-OH is 1. The molecule has 0 bridgehead atoms. The lowest BCUT2D eigenvalue weighted by molar-refractivity contribution is 0.0236. The first-order chi connectivity index (χ1) is 16.4. The summed E-state index contributed by atoms with van der Waals surface area (Å²) in [7, 11) is 0. The van der Waals surface area contributed by atoms with Gasteiger partial charge in [-0.15, -0.1) is 6.42 Å². The van der Waals surface area contributed by atoms with Gasteiger partial charge in [-0.3, -0.25) is 4.90 Å². The fourth-order valence-electron chi connectivity index (χ4n) is 3.76. The van der Waals surface area contributed by atoms with Crippen LogP contribution in [0.25, 0.3) is 5.69 Å². The van der Waals surface area contributed by atoms with Crippen molar-refractivity contribution in [2.75, 3.05) is 26.3 Å². The minimum absolute atomic E-state index is 0.160. The maximum absolute atomic E-state index is 13.9. The molecule has 6 nitrogen and oxygen atoms in total. The van der Waals surface area contributed by atoms with E-state index < -0.39 is 6.10 Å². The van der Waals surface area contributed by atoms with E-state index in [1.807, 2.05) is 37.3 Å². The molecule has 34 heavy (non-hydrogen) atoms. The van der Waals surface area contributed by atoms with Gasteiger partial charge in [0, 0.05) is 25.7 Å². The molecule has 1 N–H and O–H groups in total. The fraction of sp³-hybridized carbons (Fsp3) is 0.370. The minimum atomic E-state index is -0.691. The number of nitrogens with zero attached hydrogens (tertiary/aromatic N) is 3. The van der Waals surface area contributed by atoms with Crippen LogP contribution in [0.4, 0.5) is 4.39 Å². The second-order valence-electron chi connectivity index (χ2n) is 8.64. The first kappa shape index (κ1) is 25.4. The van der Waals surface area contributed by atoms with Crippen LogP contribution in [0.5, 0.6) is 11.6 Å². The van der Waals surface area contributed by atoms with Crippen LogP contribution < -0.4 is 4.74 Å². The average molecular weight is 466 g/mol. The SMILES string of the molecule is C#CCOC[C@H](O)CN(Cc1c(C)nn(-c2ccccc2)c1Oc1cccc(F)c1)CC(C)C. The third-order valence-corrected chi connectivity index (χ3v) is 5.12. The number of halogens is 1. The number of aliphatic hydroxyl groups is 1. The summed E-state index contributed by atoms with van der Waals surface area (Å²) in [5.41, 5.74) is 2.49. The van der Waals surface area contributed by atoms with E-state index in [1.165, 1.54) is 12.1 Å². The van der Waals surface area contributed by atoms with Gasteiger partial charge >= 0.3 is 0 Å². The lowest BCUT2D eigenvalue weighted by Gasteiger charge is -2.27. The summed E-state index contributed by atoms with van der Waals surface area (Å²) in [6, 6.07) is 15.7. The molecular weight excluding hydrogens is 433 g/mol. The summed E-state index contributed by atoms with van der Waals surface area (Å²) in [5, 5.41) is 15.2. The molecule has 0 spiro atoms. The number of ether oxygens (including phenoxy) is 2. The number of rotatable bonds is 12. The van der Waals surface area contributed by atoms with Gasteiger partial charge in [0.1, 0.15) is 18.2 Å². The van der Waals surface area contributed by atoms with E-state index in [9.17, 15) is 9.50 Å². The average Bonchev–Trinajstić information content (AvgIpc) is 3.09. The summed E-state index contributed by atoms with van der Waals surface area (Å²) >= 11 is 0. The second kappa shape index (κ2) is 12.3. The number of aromatic nitrogens is 2. The highest BCUT2D eigenvalue weighted by Crippen LogP contribution is 2.32. The number of aryl methyl sites for hydroxylation is 1. The standard InChI is InChI=1S/C27H32FN3O3/c1-5-14-33-19-24(32)17-30(16-20(2)3)18-26-21(4)29-31(23-11-7-6-8-12-23)27(26)34-25-13-9-10-22(28)15-25/h1,6-13,15,20,24,32H,14,16-19H2,2-4H3/t24-/m1/s1. The van der Waals surface area contributed by atoms with Crippen molar-refractivity contribution in [1.82, 2.24) is 14.7 Å². The van der Waals surface area contributed by atoms with Gasteiger partial charge in [-0.2, -0.15) is 5.10 Å². The molecule has 1 heterocycles. The molecular formula is C27H32FN3O3. The van der Waals surface area contributed by atoms with Crippen molar-refractivity contribution in [1.29, 1.82) is 0 Å². The summed E-state index contributed by atoms with van der Waals surface area (Å²) in [6.45, 7) is 8.14. The van der Waals surface area contributed by atoms with E-state index in [-0.39, 0.29) is 19.0 Å². The topological polar surface area (TPSA) is 59.8 Å². The normalized spacial score (nSPS) is 12.2.